The molecule has 0 saturated carbocycles. The van der Waals surface area contributed by atoms with Crippen molar-refractivity contribution < 1.29 is 40.1 Å². The number of aliphatic imine (C=N–C) groups is 1. The van der Waals surface area contributed by atoms with Crippen molar-refractivity contribution in [3.8, 4) is 79.4 Å². The minimum Gasteiger partial charge on any atom is -0.507 e. The number of hydrogen-bond acceptors (Lipinski definition) is 10. The summed E-state index contributed by atoms with van der Waals surface area (Å²) in [5, 5.41) is 76.1. The molecule has 0 aliphatic carbocycles. The van der Waals surface area contributed by atoms with E-state index in [1.807, 2.05) is 65.8 Å². The van der Waals surface area contributed by atoms with Gasteiger partial charge < -0.3 is 45.4 Å². The Morgan fingerprint density at radius 3 is 1.57 bits per heavy atom. The smallest absolute Gasteiger partial charge is 0.135 e. The lowest BCUT2D eigenvalue weighted by atomic mass is 9.81. The lowest BCUT2D eigenvalue weighted by molar-refractivity contribution is 0.402. The van der Waals surface area contributed by atoms with Crippen molar-refractivity contribution in [3.63, 3.8) is 0 Å². The van der Waals surface area contributed by atoms with Gasteiger partial charge in [0.25, 0.3) is 0 Å². The monoisotopic (exact) mass is 754 g/mol. The predicted octanol–water partition coefficient (Wildman–Crippen LogP) is 9.21. The molecular formula is C46H46N2O8. The molecule has 0 bridgehead atoms. The summed E-state index contributed by atoms with van der Waals surface area (Å²) in [6.45, 7) is 11.7. The maximum Gasteiger partial charge on any atom is 0.135 e. The Morgan fingerprint density at radius 1 is 0.571 bits per heavy atom. The zero-order valence-electron chi connectivity index (χ0n) is 32.7. The molecule has 1 unspecified atom stereocenters. The first kappa shape index (κ1) is 36.8. The zero-order valence-corrected chi connectivity index (χ0v) is 32.7. The van der Waals surface area contributed by atoms with Crippen molar-refractivity contribution >= 4 is 27.3 Å². The van der Waals surface area contributed by atoms with Crippen LogP contribution in [0, 0.1) is 13.8 Å². The van der Waals surface area contributed by atoms with Gasteiger partial charge in [-0.05, 0) is 123 Å². The lowest BCUT2D eigenvalue weighted by Gasteiger charge is -2.32. The highest BCUT2D eigenvalue weighted by molar-refractivity contribution is 6.14. The fraction of sp³-hybridized carbons (Fsp3) is 0.283. The van der Waals surface area contributed by atoms with Crippen molar-refractivity contribution in [3.05, 3.63) is 81.9 Å². The Morgan fingerprint density at radius 2 is 1.05 bits per heavy atom. The van der Waals surface area contributed by atoms with Gasteiger partial charge in [-0.2, -0.15) is 0 Å². The average Bonchev–Trinajstić information content (AvgIpc) is 3.11. The minimum absolute atomic E-state index is 0.0175. The number of hydrogen-bond donors (Lipinski definition) is 7. The number of aryl methyl sites for hydroxylation is 2. The van der Waals surface area contributed by atoms with Crippen LogP contribution in [0.1, 0.15) is 67.1 Å². The number of nitrogens with one attached hydrogen (secondary N) is 1. The molecule has 6 aromatic carbocycles. The van der Waals surface area contributed by atoms with E-state index >= 15 is 0 Å². The normalized spacial score (nSPS) is 17.8. The molecule has 10 nitrogen and oxygen atoms in total. The van der Waals surface area contributed by atoms with E-state index in [1.165, 1.54) is 26.4 Å². The molecule has 56 heavy (non-hydrogen) atoms. The largest absolute Gasteiger partial charge is 0.507 e. The summed E-state index contributed by atoms with van der Waals surface area (Å²) in [6.07, 6.45) is 0.940. The standard InChI is InChI=1S/C46H46N2O8/c1-19-9-25-27(41-31-13-21(3)47-23(5)39(31)33(49)17-35(41)51)15-29(45(53)43(25)37(11-19)55-7)30-16-28(26-10-20(2)12-38(56-8)44(26)46(30)54)42-32-14-22(4)48-24(6)40(32)34(50)18-36(42)52/h9-12,15-18,21-23,47,49-54H,13-14H2,1-8H3/t21-,22?,23-/m1/s1. The van der Waals surface area contributed by atoms with E-state index in [0.29, 0.717) is 90.5 Å². The first-order valence-electron chi connectivity index (χ1n) is 18.8. The zero-order chi connectivity index (χ0) is 40.1. The van der Waals surface area contributed by atoms with Crippen LogP contribution in [-0.2, 0) is 12.8 Å². The second-order valence-corrected chi connectivity index (χ2v) is 15.5. The summed E-state index contributed by atoms with van der Waals surface area (Å²) in [7, 11) is 3.05. The van der Waals surface area contributed by atoms with Crippen LogP contribution in [0.25, 0.3) is 54.9 Å². The quantitative estimate of drug-likeness (QED) is 0.0909. The third-order valence-electron chi connectivity index (χ3n) is 11.5. The van der Waals surface area contributed by atoms with Gasteiger partial charge in [0.2, 0.25) is 0 Å². The minimum atomic E-state index is -0.212. The van der Waals surface area contributed by atoms with Gasteiger partial charge in [0.15, 0.2) is 0 Å². The first-order chi connectivity index (χ1) is 26.6. The molecule has 2 aliphatic heterocycles. The van der Waals surface area contributed by atoms with E-state index in [4.69, 9.17) is 14.5 Å². The summed E-state index contributed by atoms with van der Waals surface area (Å²) in [6, 6.07) is 13.3. The van der Waals surface area contributed by atoms with Crippen molar-refractivity contribution in [1.82, 2.24) is 5.32 Å². The second kappa shape index (κ2) is 13.3. The number of ether oxygens (including phenoxy) is 2. The van der Waals surface area contributed by atoms with Gasteiger partial charge in [0.1, 0.15) is 46.0 Å². The predicted molar refractivity (Wildman–Crippen MR) is 220 cm³/mol. The van der Waals surface area contributed by atoms with Crippen LogP contribution < -0.4 is 14.8 Å². The number of nitrogens with zero attached hydrogens (tertiary/aromatic N) is 1. The topological polar surface area (TPSA) is 164 Å². The Kier molecular flexibility index (Phi) is 8.73. The molecule has 288 valence electrons. The van der Waals surface area contributed by atoms with Gasteiger partial charge >= 0.3 is 0 Å². The van der Waals surface area contributed by atoms with Crippen molar-refractivity contribution in [2.45, 2.75) is 72.5 Å². The first-order valence-corrected chi connectivity index (χ1v) is 18.8. The molecular weight excluding hydrogens is 709 g/mol. The number of aromatic hydroxyl groups is 6. The van der Waals surface area contributed by atoms with Crippen LogP contribution in [0.5, 0.6) is 46.0 Å². The number of methoxy groups -OCH3 is 2. The third-order valence-corrected chi connectivity index (χ3v) is 11.5. The van der Waals surface area contributed by atoms with Gasteiger partial charge in [0.05, 0.1) is 31.0 Å². The van der Waals surface area contributed by atoms with Gasteiger partial charge in [-0.25, -0.2) is 0 Å². The van der Waals surface area contributed by atoms with Crippen LogP contribution in [0.4, 0.5) is 0 Å². The highest BCUT2D eigenvalue weighted by Gasteiger charge is 2.33. The molecule has 7 N–H and O–H groups in total. The second-order valence-electron chi connectivity index (χ2n) is 15.5. The molecule has 2 heterocycles. The average molecular weight is 755 g/mol. The number of benzene rings is 6. The molecule has 0 amide bonds. The Hall–Kier alpha value is -6.13. The fourth-order valence-electron chi connectivity index (χ4n) is 9.36. The van der Waals surface area contributed by atoms with E-state index in [9.17, 15) is 30.6 Å². The van der Waals surface area contributed by atoms with E-state index in [0.717, 1.165) is 16.7 Å². The van der Waals surface area contributed by atoms with E-state index in [2.05, 4.69) is 5.32 Å². The highest BCUT2D eigenvalue weighted by Crippen LogP contribution is 2.55. The number of rotatable bonds is 5. The van der Waals surface area contributed by atoms with E-state index in [-0.39, 0.29) is 63.7 Å². The third kappa shape index (κ3) is 5.53. The summed E-state index contributed by atoms with van der Waals surface area (Å²) in [5.74, 6) is 0.0444. The molecule has 2 aliphatic rings. The van der Waals surface area contributed by atoms with Crippen molar-refractivity contribution in [2.75, 3.05) is 14.2 Å². The fourth-order valence-corrected chi connectivity index (χ4v) is 9.36. The van der Waals surface area contributed by atoms with Crippen LogP contribution in [-0.4, -0.2) is 62.7 Å². The van der Waals surface area contributed by atoms with E-state index < -0.39 is 0 Å². The number of phenols is 6. The molecule has 8 rings (SSSR count). The van der Waals surface area contributed by atoms with Crippen molar-refractivity contribution in [1.29, 1.82) is 0 Å². The Balaban J connectivity index is 1.56. The SMILES string of the molecule is COc1cc(C)cc2c(-c3c(O)cc(O)c4c3CC(C)N=C4C)cc(-c3cc(-c4c(O)cc(O)c5c4C[C@@H](C)N[C@@H]5C)c4cc(C)cc(OC)c4c3O)c(O)c12. The molecule has 0 radical (unpaired) electrons. The van der Waals surface area contributed by atoms with Gasteiger partial charge in [-0.3, -0.25) is 4.99 Å². The maximum atomic E-state index is 12.5. The van der Waals surface area contributed by atoms with E-state index in [1.54, 1.807) is 12.1 Å². The summed E-state index contributed by atoms with van der Waals surface area (Å²) in [5.41, 5.74) is 7.57. The van der Waals surface area contributed by atoms with Crippen molar-refractivity contribution in [2.24, 2.45) is 4.99 Å². The Labute approximate surface area is 325 Å². The van der Waals surface area contributed by atoms with Gasteiger partial charge in [-0.1, -0.05) is 12.1 Å². The van der Waals surface area contributed by atoms with Gasteiger partial charge in [-0.15, -0.1) is 0 Å². The maximum absolute atomic E-state index is 12.5. The number of phenolic OH excluding ortho intramolecular Hbond substituents is 6. The van der Waals surface area contributed by atoms with Crippen LogP contribution in [0.2, 0.25) is 0 Å². The lowest BCUT2D eigenvalue weighted by Crippen LogP contribution is -2.36. The summed E-state index contributed by atoms with van der Waals surface area (Å²) in [4.78, 5) is 4.72. The molecule has 6 aromatic rings. The molecule has 10 heteroatoms. The Bertz CT molecular complexity index is 2700. The van der Waals surface area contributed by atoms with Crippen LogP contribution in [0.15, 0.2) is 53.5 Å². The molecule has 0 spiro atoms. The molecule has 0 aromatic heterocycles. The molecule has 3 atom stereocenters. The van der Waals surface area contributed by atoms with Crippen LogP contribution >= 0.6 is 0 Å². The molecule has 0 saturated heterocycles. The summed E-state index contributed by atoms with van der Waals surface area (Å²) < 4.78 is 11.8. The highest BCUT2D eigenvalue weighted by atomic mass is 16.5. The van der Waals surface area contributed by atoms with Crippen LogP contribution in [0.3, 0.4) is 0 Å². The number of fused-ring (bicyclic) bond motifs is 4. The van der Waals surface area contributed by atoms with Gasteiger partial charge in [0, 0.05) is 63.3 Å². The summed E-state index contributed by atoms with van der Waals surface area (Å²) >= 11 is 0. The molecule has 0 fully saturated rings.